The van der Waals surface area contributed by atoms with Crippen LogP contribution in [0, 0.1) is 20.8 Å². The van der Waals surface area contributed by atoms with E-state index in [2.05, 4.69) is 0 Å². The molecular weight excluding hydrogens is 352 g/mol. The van der Waals surface area contributed by atoms with Crippen molar-refractivity contribution in [3.8, 4) is 0 Å². The predicted molar refractivity (Wildman–Crippen MR) is 109 cm³/mol. The Morgan fingerprint density at radius 1 is 0.821 bits per heavy atom. The lowest BCUT2D eigenvalue weighted by Gasteiger charge is -2.29. The Bertz CT molecular complexity index is 970. The molecule has 0 aromatic heterocycles. The van der Waals surface area contributed by atoms with E-state index < -0.39 is 0 Å². The van der Waals surface area contributed by atoms with Crippen LogP contribution in [-0.4, -0.2) is 43.0 Å². The van der Waals surface area contributed by atoms with Gasteiger partial charge in [-0.05, 0) is 49.6 Å². The number of anilines is 1. The van der Waals surface area contributed by atoms with E-state index in [1.54, 1.807) is 0 Å². The molecule has 2 heterocycles. The highest BCUT2D eigenvalue weighted by Crippen LogP contribution is 2.35. The summed E-state index contributed by atoms with van der Waals surface area (Å²) in [6.07, 6.45) is 0. The maximum atomic E-state index is 13.4. The van der Waals surface area contributed by atoms with E-state index in [1.807, 2.05) is 68.1 Å². The standard InChI is InChI=1S/C23H24N2O3/c1-15-4-8-19(9-5-15)25-22(26)20(18-7-6-16(2)17(3)14-18)21(23(25)27)24-10-12-28-13-11-24/h4-9,14H,10-13H2,1-3H3. The Balaban J connectivity index is 1.84. The average molecular weight is 376 g/mol. The summed E-state index contributed by atoms with van der Waals surface area (Å²) in [7, 11) is 0. The van der Waals surface area contributed by atoms with Crippen LogP contribution in [0.15, 0.2) is 48.2 Å². The lowest BCUT2D eigenvalue weighted by atomic mass is 9.99. The van der Waals surface area contributed by atoms with Crippen molar-refractivity contribution in [3.63, 3.8) is 0 Å². The van der Waals surface area contributed by atoms with Crippen LogP contribution >= 0.6 is 0 Å². The zero-order chi connectivity index (χ0) is 19.8. The van der Waals surface area contributed by atoms with E-state index in [9.17, 15) is 9.59 Å². The molecular formula is C23H24N2O3. The fraction of sp³-hybridized carbons (Fsp3) is 0.304. The topological polar surface area (TPSA) is 49.9 Å². The molecule has 0 bridgehead atoms. The van der Waals surface area contributed by atoms with Crippen molar-refractivity contribution >= 4 is 23.1 Å². The van der Waals surface area contributed by atoms with Crippen LogP contribution in [0.2, 0.25) is 0 Å². The first-order valence-electron chi connectivity index (χ1n) is 9.57. The van der Waals surface area contributed by atoms with Crippen LogP contribution in [-0.2, 0) is 14.3 Å². The van der Waals surface area contributed by atoms with E-state index in [1.165, 1.54) is 4.90 Å². The van der Waals surface area contributed by atoms with Gasteiger partial charge < -0.3 is 9.64 Å². The third-order valence-corrected chi connectivity index (χ3v) is 5.47. The lowest BCUT2D eigenvalue weighted by molar-refractivity contribution is -0.121. The van der Waals surface area contributed by atoms with Crippen molar-refractivity contribution in [2.24, 2.45) is 0 Å². The molecule has 0 aliphatic carbocycles. The summed E-state index contributed by atoms with van der Waals surface area (Å²) in [4.78, 5) is 30.1. The Morgan fingerprint density at radius 3 is 2.14 bits per heavy atom. The van der Waals surface area contributed by atoms with Gasteiger partial charge in [0.25, 0.3) is 11.8 Å². The monoisotopic (exact) mass is 376 g/mol. The maximum absolute atomic E-state index is 13.4. The maximum Gasteiger partial charge on any atom is 0.282 e. The van der Waals surface area contributed by atoms with Gasteiger partial charge in [0.1, 0.15) is 5.70 Å². The van der Waals surface area contributed by atoms with E-state index >= 15 is 0 Å². The fourth-order valence-corrected chi connectivity index (χ4v) is 3.68. The molecule has 5 heteroatoms. The van der Waals surface area contributed by atoms with Crippen LogP contribution in [0.1, 0.15) is 22.3 Å². The zero-order valence-corrected chi connectivity index (χ0v) is 16.5. The lowest BCUT2D eigenvalue weighted by Crippen LogP contribution is -2.40. The van der Waals surface area contributed by atoms with Gasteiger partial charge in [-0.25, -0.2) is 4.90 Å². The molecule has 28 heavy (non-hydrogen) atoms. The number of rotatable bonds is 3. The number of imide groups is 1. The molecule has 0 spiro atoms. The third-order valence-electron chi connectivity index (χ3n) is 5.47. The largest absolute Gasteiger partial charge is 0.378 e. The molecule has 0 radical (unpaired) electrons. The molecule has 0 unspecified atom stereocenters. The number of ether oxygens (including phenoxy) is 1. The molecule has 5 nitrogen and oxygen atoms in total. The van der Waals surface area contributed by atoms with Crippen LogP contribution in [0.4, 0.5) is 5.69 Å². The minimum absolute atomic E-state index is 0.260. The van der Waals surface area contributed by atoms with E-state index in [4.69, 9.17) is 4.74 Å². The second-order valence-corrected chi connectivity index (χ2v) is 7.40. The molecule has 0 atom stereocenters. The second kappa shape index (κ2) is 7.24. The molecule has 2 aliphatic rings. The number of morpholine rings is 1. The molecule has 0 saturated carbocycles. The number of amides is 2. The van der Waals surface area contributed by atoms with Gasteiger partial charge in [-0.3, -0.25) is 9.59 Å². The van der Waals surface area contributed by atoms with Crippen LogP contribution in [0.5, 0.6) is 0 Å². The first-order chi connectivity index (χ1) is 13.5. The minimum atomic E-state index is -0.265. The first kappa shape index (κ1) is 18.4. The first-order valence-corrected chi connectivity index (χ1v) is 9.57. The number of nitrogens with zero attached hydrogens (tertiary/aromatic N) is 2. The van der Waals surface area contributed by atoms with Crippen LogP contribution < -0.4 is 4.90 Å². The predicted octanol–water partition coefficient (Wildman–Crippen LogP) is 3.23. The van der Waals surface area contributed by atoms with Gasteiger partial charge >= 0.3 is 0 Å². The quantitative estimate of drug-likeness (QED) is 0.772. The van der Waals surface area contributed by atoms with Gasteiger partial charge in [-0.1, -0.05) is 35.9 Å². The molecule has 0 N–H and O–H groups in total. The number of benzene rings is 2. The van der Waals surface area contributed by atoms with Crippen LogP contribution in [0.3, 0.4) is 0 Å². The minimum Gasteiger partial charge on any atom is -0.378 e. The summed E-state index contributed by atoms with van der Waals surface area (Å²) in [5.74, 6) is -0.525. The summed E-state index contributed by atoms with van der Waals surface area (Å²) in [6, 6.07) is 13.4. The Labute approximate surface area is 165 Å². The van der Waals surface area contributed by atoms with E-state index in [0.717, 1.165) is 22.3 Å². The molecule has 2 aromatic carbocycles. The molecule has 2 aliphatic heterocycles. The highest BCUT2D eigenvalue weighted by molar-refractivity contribution is 6.45. The summed E-state index contributed by atoms with van der Waals surface area (Å²) >= 11 is 0. The van der Waals surface area contributed by atoms with Crippen molar-refractivity contribution in [1.82, 2.24) is 4.90 Å². The highest BCUT2D eigenvalue weighted by Gasteiger charge is 2.42. The molecule has 4 rings (SSSR count). The van der Waals surface area contributed by atoms with Gasteiger partial charge in [-0.15, -0.1) is 0 Å². The average Bonchev–Trinajstić information content (AvgIpc) is 2.96. The third kappa shape index (κ3) is 3.12. The Morgan fingerprint density at radius 2 is 1.50 bits per heavy atom. The normalized spacial score (nSPS) is 17.7. The van der Waals surface area contributed by atoms with Crippen molar-refractivity contribution < 1.29 is 14.3 Å². The van der Waals surface area contributed by atoms with Crippen molar-refractivity contribution in [3.05, 3.63) is 70.4 Å². The molecule has 1 fully saturated rings. The van der Waals surface area contributed by atoms with Gasteiger partial charge in [0.15, 0.2) is 0 Å². The van der Waals surface area contributed by atoms with Gasteiger partial charge in [0.2, 0.25) is 0 Å². The number of hydrogen-bond acceptors (Lipinski definition) is 4. The number of hydrogen-bond donors (Lipinski definition) is 0. The van der Waals surface area contributed by atoms with E-state index in [-0.39, 0.29) is 11.8 Å². The zero-order valence-electron chi connectivity index (χ0n) is 16.5. The van der Waals surface area contributed by atoms with Gasteiger partial charge in [0.05, 0.1) is 24.5 Å². The summed E-state index contributed by atoms with van der Waals surface area (Å²) in [5, 5.41) is 0. The summed E-state index contributed by atoms with van der Waals surface area (Å²) < 4.78 is 5.45. The van der Waals surface area contributed by atoms with Crippen molar-refractivity contribution in [2.45, 2.75) is 20.8 Å². The van der Waals surface area contributed by atoms with Crippen molar-refractivity contribution in [1.29, 1.82) is 0 Å². The van der Waals surface area contributed by atoms with Gasteiger partial charge in [0, 0.05) is 13.1 Å². The summed E-state index contributed by atoms with van der Waals surface area (Å²) in [5.41, 5.74) is 5.69. The number of carbonyl (C=O) groups excluding carboxylic acids is 2. The van der Waals surface area contributed by atoms with Crippen LogP contribution in [0.25, 0.3) is 5.57 Å². The molecule has 2 aromatic rings. The fourth-order valence-electron chi connectivity index (χ4n) is 3.68. The van der Waals surface area contributed by atoms with Crippen molar-refractivity contribution in [2.75, 3.05) is 31.2 Å². The smallest absolute Gasteiger partial charge is 0.282 e. The Kier molecular flexibility index (Phi) is 4.77. The number of carbonyl (C=O) groups is 2. The molecule has 1 saturated heterocycles. The Hall–Kier alpha value is -2.92. The number of aryl methyl sites for hydroxylation is 3. The van der Waals surface area contributed by atoms with Gasteiger partial charge in [-0.2, -0.15) is 0 Å². The van der Waals surface area contributed by atoms with E-state index in [0.29, 0.717) is 43.3 Å². The molecule has 2 amide bonds. The summed E-state index contributed by atoms with van der Waals surface area (Å²) in [6.45, 7) is 8.35. The second-order valence-electron chi connectivity index (χ2n) is 7.40. The SMILES string of the molecule is Cc1ccc(N2C(=O)C(c3ccc(C)c(C)c3)=C(N3CCOCC3)C2=O)cc1. The highest BCUT2D eigenvalue weighted by atomic mass is 16.5. The molecule has 144 valence electrons.